The Morgan fingerprint density at radius 2 is 1.64 bits per heavy atom. The van der Waals surface area contributed by atoms with E-state index in [1.165, 1.54) is 38.5 Å². The Balaban J connectivity index is 2.44. The number of aliphatic imine (C=N–C) groups is 1. The number of nitrogens with zero attached hydrogens (tertiary/aromatic N) is 1. The van der Waals surface area contributed by atoms with E-state index in [9.17, 15) is 4.79 Å². The molecule has 0 radical (unpaired) electrons. The van der Waals surface area contributed by atoms with Gasteiger partial charge in [0.2, 0.25) is 6.08 Å². The van der Waals surface area contributed by atoms with Crippen molar-refractivity contribution in [1.29, 1.82) is 0 Å². The lowest BCUT2D eigenvalue weighted by molar-refractivity contribution is 0.563. The van der Waals surface area contributed by atoms with Crippen LogP contribution in [0.4, 0.5) is 0 Å². The maximum atomic E-state index is 10.2. The molecule has 0 saturated heterocycles. The molecule has 78 valence electrons. The van der Waals surface area contributed by atoms with Crippen LogP contribution in [0.25, 0.3) is 0 Å². The second-order valence-electron chi connectivity index (χ2n) is 3.91. The zero-order chi connectivity index (χ0) is 10.1. The molecule has 1 aliphatic rings. The van der Waals surface area contributed by atoms with Gasteiger partial charge in [-0.1, -0.05) is 38.2 Å². The average Bonchev–Trinajstić information content (AvgIpc) is 2.24. The van der Waals surface area contributed by atoms with E-state index in [-0.39, 0.29) is 0 Å². The van der Waals surface area contributed by atoms with Crippen molar-refractivity contribution in [2.45, 2.75) is 57.8 Å². The maximum absolute atomic E-state index is 10.2. The number of rotatable bonds is 1. The van der Waals surface area contributed by atoms with Crippen molar-refractivity contribution in [3.05, 3.63) is 11.8 Å². The topological polar surface area (TPSA) is 29.4 Å². The molecule has 0 aromatic carbocycles. The summed E-state index contributed by atoms with van der Waals surface area (Å²) in [5.41, 5.74) is 0.946. The molecule has 1 rings (SSSR count). The van der Waals surface area contributed by atoms with Crippen LogP contribution in [0.2, 0.25) is 0 Å². The van der Waals surface area contributed by atoms with Crippen LogP contribution in [-0.4, -0.2) is 6.08 Å². The number of carbonyl (C=O) groups excluding carboxylic acids is 1. The average molecular weight is 193 g/mol. The second-order valence-corrected chi connectivity index (χ2v) is 3.91. The number of hydrogen-bond donors (Lipinski definition) is 0. The van der Waals surface area contributed by atoms with E-state index in [1.54, 1.807) is 6.08 Å². The van der Waals surface area contributed by atoms with Crippen LogP contribution in [0.3, 0.4) is 0 Å². The van der Waals surface area contributed by atoms with Crippen molar-refractivity contribution in [2.24, 2.45) is 4.99 Å². The van der Waals surface area contributed by atoms with Gasteiger partial charge in [-0.15, -0.1) is 0 Å². The Morgan fingerprint density at radius 3 is 2.36 bits per heavy atom. The van der Waals surface area contributed by atoms with E-state index >= 15 is 0 Å². The SMILES string of the molecule is O=C=NC1=CCCCCCCCCC1. The minimum Gasteiger partial charge on any atom is -0.211 e. The fourth-order valence-corrected chi connectivity index (χ4v) is 1.87. The van der Waals surface area contributed by atoms with Crippen molar-refractivity contribution in [1.82, 2.24) is 0 Å². The molecule has 14 heavy (non-hydrogen) atoms. The standard InChI is InChI=1S/C12H19NO/c14-11-13-12-9-7-5-3-1-2-4-6-8-10-12/h9H,1-8,10H2. The van der Waals surface area contributed by atoms with Crippen molar-refractivity contribution in [2.75, 3.05) is 0 Å². The molecule has 0 atom stereocenters. The first-order valence-electron chi connectivity index (χ1n) is 5.70. The van der Waals surface area contributed by atoms with E-state index < -0.39 is 0 Å². The molecule has 0 fully saturated rings. The summed E-state index contributed by atoms with van der Waals surface area (Å²) in [5, 5.41) is 0. The van der Waals surface area contributed by atoms with Gasteiger partial charge in [-0.3, -0.25) is 0 Å². The van der Waals surface area contributed by atoms with Gasteiger partial charge in [0.05, 0.1) is 0 Å². The van der Waals surface area contributed by atoms with Crippen LogP contribution in [0.1, 0.15) is 57.8 Å². The van der Waals surface area contributed by atoms with Crippen molar-refractivity contribution in [3.63, 3.8) is 0 Å². The van der Waals surface area contributed by atoms with E-state index in [0.717, 1.165) is 25.0 Å². The van der Waals surface area contributed by atoms with Gasteiger partial charge in [0.15, 0.2) is 0 Å². The molecular weight excluding hydrogens is 174 g/mol. The van der Waals surface area contributed by atoms with Gasteiger partial charge in [-0.2, -0.15) is 4.99 Å². The van der Waals surface area contributed by atoms with Crippen LogP contribution in [0.5, 0.6) is 0 Å². The van der Waals surface area contributed by atoms with Gasteiger partial charge >= 0.3 is 0 Å². The maximum Gasteiger partial charge on any atom is 0.240 e. The van der Waals surface area contributed by atoms with Crippen molar-refractivity contribution >= 4 is 6.08 Å². The molecule has 0 bridgehead atoms. The second kappa shape index (κ2) is 7.52. The molecule has 0 aromatic heterocycles. The van der Waals surface area contributed by atoms with Crippen LogP contribution in [0.15, 0.2) is 16.8 Å². The molecule has 0 aromatic rings. The third kappa shape index (κ3) is 4.98. The van der Waals surface area contributed by atoms with Gasteiger partial charge in [0.1, 0.15) is 0 Å². The molecule has 0 N–H and O–H groups in total. The number of hydrogen-bond acceptors (Lipinski definition) is 2. The largest absolute Gasteiger partial charge is 0.240 e. The molecule has 0 saturated carbocycles. The molecule has 0 unspecified atom stereocenters. The highest BCUT2D eigenvalue weighted by molar-refractivity contribution is 5.36. The van der Waals surface area contributed by atoms with Crippen molar-refractivity contribution < 1.29 is 4.79 Å². The zero-order valence-electron chi connectivity index (χ0n) is 8.80. The van der Waals surface area contributed by atoms with Crippen LogP contribution in [-0.2, 0) is 4.79 Å². The zero-order valence-corrected chi connectivity index (χ0v) is 8.80. The minimum absolute atomic E-state index is 0.946. The van der Waals surface area contributed by atoms with Gasteiger partial charge in [-0.25, -0.2) is 4.79 Å². The monoisotopic (exact) mass is 193 g/mol. The first kappa shape index (κ1) is 11.2. The Hall–Kier alpha value is -0.880. The molecular formula is C12H19NO. The van der Waals surface area contributed by atoms with Crippen LogP contribution < -0.4 is 0 Å². The first-order valence-corrected chi connectivity index (χ1v) is 5.70. The molecule has 2 heteroatoms. The summed E-state index contributed by atoms with van der Waals surface area (Å²) in [6.45, 7) is 0. The van der Waals surface area contributed by atoms with Crippen LogP contribution >= 0.6 is 0 Å². The third-order valence-corrected chi connectivity index (χ3v) is 2.71. The quantitative estimate of drug-likeness (QED) is 0.461. The van der Waals surface area contributed by atoms with Crippen LogP contribution in [0, 0.1) is 0 Å². The number of isocyanates is 1. The first-order chi connectivity index (χ1) is 6.93. The predicted molar refractivity (Wildman–Crippen MR) is 57.8 cm³/mol. The Morgan fingerprint density at radius 1 is 1.00 bits per heavy atom. The van der Waals surface area contributed by atoms with Gasteiger partial charge in [0.25, 0.3) is 0 Å². The summed E-state index contributed by atoms with van der Waals surface area (Å²) in [7, 11) is 0. The molecule has 0 spiro atoms. The Kier molecular flexibility index (Phi) is 6.01. The van der Waals surface area contributed by atoms with Gasteiger partial charge < -0.3 is 0 Å². The van der Waals surface area contributed by atoms with E-state index in [1.807, 2.05) is 0 Å². The summed E-state index contributed by atoms with van der Waals surface area (Å²) in [4.78, 5) is 13.9. The molecule has 0 amide bonds. The van der Waals surface area contributed by atoms with Gasteiger partial charge in [-0.05, 0) is 25.7 Å². The summed E-state index contributed by atoms with van der Waals surface area (Å²) in [5.74, 6) is 0. The highest BCUT2D eigenvalue weighted by Gasteiger charge is 1.98. The van der Waals surface area contributed by atoms with E-state index in [2.05, 4.69) is 11.1 Å². The lowest BCUT2D eigenvalue weighted by Gasteiger charge is -1.99. The molecule has 0 heterocycles. The summed E-state index contributed by atoms with van der Waals surface area (Å²) >= 11 is 0. The summed E-state index contributed by atoms with van der Waals surface area (Å²) < 4.78 is 0. The fourth-order valence-electron chi connectivity index (χ4n) is 1.87. The Bertz CT molecular complexity index is 226. The lowest BCUT2D eigenvalue weighted by atomic mass is 10.1. The highest BCUT2D eigenvalue weighted by Crippen LogP contribution is 2.16. The molecule has 0 aliphatic heterocycles. The normalized spacial score (nSPS) is 20.1. The molecule has 2 nitrogen and oxygen atoms in total. The lowest BCUT2D eigenvalue weighted by Crippen LogP contribution is -1.81. The molecule has 1 aliphatic carbocycles. The van der Waals surface area contributed by atoms with E-state index in [4.69, 9.17) is 0 Å². The van der Waals surface area contributed by atoms with E-state index in [0.29, 0.717) is 0 Å². The minimum atomic E-state index is 0.946. The Labute approximate surface area is 86.1 Å². The van der Waals surface area contributed by atoms with Crippen molar-refractivity contribution in [3.8, 4) is 0 Å². The summed E-state index contributed by atoms with van der Waals surface area (Å²) in [6.07, 6.45) is 14.8. The smallest absolute Gasteiger partial charge is 0.211 e. The number of allylic oxidation sites excluding steroid dienone is 2. The fraction of sp³-hybridized carbons (Fsp3) is 0.750. The third-order valence-electron chi connectivity index (χ3n) is 2.71. The summed E-state index contributed by atoms with van der Waals surface area (Å²) in [6, 6.07) is 0. The highest BCUT2D eigenvalue weighted by atomic mass is 16.1. The predicted octanol–water partition coefficient (Wildman–Crippen LogP) is 3.73. The van der Waals surface area contributed by atoms with Gasteiger partial charge in [0, 0.05) is 5.70 Å².